The molecule has 0 aromatic rings. The van der Waals surface area contributed by atoms with E-state index in [4.69, 9.17) is 0 Å². The number of carbonyl (C=O) groups excluding carboxylic acids is 2. The van der Waals surface area contributed by atoms with Gasteiger partial charge in [-0.2, -0.15) is 0 Å². The summed E-state index contributed by atoms with van der Waals surface area (Å²) in [4.78, 5) is 23.5. The van der Waals surface area contributed by atoms with Crippen LogP contribution in [0.4, 0.5) is 0 Å². The van der Waals surface area contributed by atoms with Crippen LogP contribution in [-0.4, -0.2) is 11.7 Å². The number of hydrogen-bond donors (Lipinski definition) is 0. The number of Topliss-reactive ketones (excluding diaryl/α,β-unsaturated/α-hetero) is 1. The highest BCUT2D eigenvalue weighted by Crippen LogP contribution is 2.14. The Hall–Kier alpha value is -2.18. The highest BCUT2D eigenvalue weighted by Gasteiger charge is 2.08. The van der Waals surface area contributed by atoms with Crippen molar-refractivity contribution in [3.05, 3.63) is 66.3 Å². The monoisotopic (exact) mass is 550 g/mol. The summed E-state index contributed by atoms with van der Waals surface area (Å²) in [6.45, 7) is 4.53. The first-order chi connectivity index (χ1) is 19.8. The molecular weight excluding hydrogens is 488 g/mol. The minimum absolute atomic E-state index is 0.0447. The second-order valence-electron chi connectivity index (χ2n) is 11.1. The molecule has 0 atom stereocenters. The van der Waals surface area contributed by atoms with Crippen LogP contribution >= 0.6 is 0 Å². The summed E-state index contributed by atoms with van der Waals surface area (Å²) in [5.74, 6) is 1.82. The van der Waals surface area contributed by atoms with Crippen molar-refractivity contribution in [2.24, 2.45) is 0 Å². The van der Waals surface area contributed by atoms with Crippen molar-refractivity contribution in [3.8, 4) is 0 Å². The normalized spacial score (nSPS) is 12.2. The maximum Gasteiger partial charge on any atom is 0.170 e. The fourth-order valence-corrected chi connectivity index (χ4v) is 4.71. The summed E-state index contributed by atoms with van der Waals surface area (Å²) in [7, 11) is 0. The van der Waals surface area contributed by atoms with Crippen molar-refractivity contribution in [3.63, 3.8) is 0 Å². The summed E-state index contributed by atoms with van der Waals surface area (Å²) in [5, 5.41) is 0. The molecule has 0 aromatic carbocycles. The van der Waals surface area contributed by atoms with Crippen molar-refractivity contribution in [2.75, 3.05) is 0 Å². The molecule has 0 amide bonds. The van der Waals surface area contributed by atoms with Gasteiger partial charge >= 0.3 is 0 Å². The van der Waals surface area contributed by atoms with Gasteiger partial charge in [-0.1, -0.05) is 190 Å². The van der Waals surface area contributed by atoms with E-state index in [9.17, 15) is 9.59 Å². The smallest absolute Gasteiger partial charge is 0.170 e. The van der Waals surface area contributed by atoms with E-state index >= 15 is 0 Å². The predicted octanol–water partition coefficient (Wildman–Crippen LogP) is 12.1. The van der Waals surface area contributed by atoms with Gasteiger partial charge in [-0.3, -0.25) is 4.79 Å². The van der Waals surface area contributed by atoms with Gasteiger partial charge in [0.1, 0.15) is 5.94 Å². The van der Waals surface area contributed by atoms with Gasteiger partial charge in [0.05, 0.1) is 5.57 Å². The zero-order valence-electron chi connectivity index (χ0n) is 26.4. The van der Waals surface area contributed by atoms with Gasteiger partial charge in [-0.05, 0) is 19.3 Å². The van der Waals surface area contributed by atoms with E-state index < -0.39 is 0 Å². The molecule has 0 bridgehead atoms. The molecule has 0 saturated carbocycles. The molecule has 0 fully saturated rings. The lowest BCUT2D eigenvalue weighted by Crippen LogP contribution is -2.02. The molecule has 0 radical (unpaired) electrons. The number of allylic oxidation sites excluding steroid dienone is 11. The van der Waals surface area contributed by atoms with Crippen LogP contribution < -0.4 is 0 Å². The van der Waals surface area contributed by atoms with E-state index in [1.807, 2.05) is 48.5 Å². The van der Waals surface area contributed by atoms with E-state index in [1.54, 1.807) is 0 Å². The van der Waals surface area contributed by atoms with Crippen LogP contribution in [0.25, 0.3) is 0 Å². The topological polar surface area (TPSA) is 34.1 Å². The van der Waals surface area contributed by atoms with Gasteiger partial charge in [0.25, 0.3) is 0 Å². The summed E-state index contributed by atoms with van der Waals surface area (Å²) in [5.41, 5.74) is 0.269. The molecular formula is C38H62O2. The highest BCUT2D eigenvalue weighted by atomic mass is 16.1. The molecule has 0 spiro atoms. The van der Waals surface area contributed by atoms with Gasteiger partial charge in [0.2, 0.25) is 0 Å². The van der Waals surface area contributed by atoms with Crippen molar-refractivity contribution in [1.82, 2.24) is 0 Å². The molecule has 40 heavy (non-hydrogen) atoms. The van der Waals surface area contributed by atoms with Crippen LogP contribution in [-0.2, 0) is 9.59 Å². The molecule has 0 unspecified atom stereocenters. The summed E-state index contributed by atoms with van der Waals surface area (Å²) in [6.07, 6.45) is 48.2. The third kappa shape index (κ3) is 28.8. The zero-order chi connectivity index (χ0) is 29.2. The van der Waals surface area contributed by atoms with Crippen LogP contribution in [0.5, 0.6) is 0 Å². The number of unbranched alkanes of at least 4 members (excludes halogenated alkanes) is 19. The molecule has 0 saturated heterocycles. The fourth-order valence-electron chi connectivity index (χ4n) is 4.71. The van der Waals surface area contributed by atoms with Crippen molar-refractivity contribution < 1.29 is 9.59 Å². The minimum atomic E-state index is -0.0447. The molecule has 0 rings (SSSR count). The average Bonchev–Trinajstić information content (AvgIpc) is 2.96. The number of ketones is 1. The zero-order valence-corrected chi connectivity index (χ0v) is 26.4. The van der Waals surface area contributed by atoms with Crippen LogP contribution in [0.2, 0.25) is 0 Å². The molecule has 0 N–H and O–H groups in total. The number of rotatable bonds is 29. The van der Waals surface area contributed by atoms with E-state index in [2.05, 4.69) is 32.1 Å². The Labute approximate surface area is 248 Å². The molecule has 2 nitrogen and oxygen atoms in total. The first-order valence-electron chi connectivity index (χ1n) is 16.8. The van der Waals surface area contributed by atoms with Gasteiger partial charge in [-0.25, -0.2) is 4.79 Å². The van der Waals surface area contributed by atoms with Gasteiger partial charge in [0.15, 0.2) is 5.78 Å². The molecule has 0 heterocycles. The lowest BCUT2D eigenvalue weighted by atomic mass is 10.0. The third-order valence-corrected chi connectivity index (χ3v) is 7.31. The lowest BCUT2D eigenvalue weighted by Gasteiger charge is -2.03. The van der Waals surface area contributed by atoms with Crippen molar-refractivity contribution in [1.29, 1.82) is 0 Å². The SMILES string of the molecule is CCCCCCCCCC=C/C=C/C=C/C=C/C=C/CC(=C=O)C(=O)CCCCCCCCCCCCCCC. The Morgan fingerprint density at radius 1 is 0.475 bits per heavy atom. The van der Waals surface area contributed by atoms with E-state index in [1.165, 1.54) is 116 Å². The maximum atomic E-state index is 12.3. The van der Waals surface area contributed by atoms with Crippen LogP contribution in [0.15, 0.2) is 66.3 Å². The Kier molecular flexibility index (Phi) is 31.2. The molecule has 0 aromatic heterocycles. The highest BCUT2D eigenvalue weighted by molar-refractivity contribution is 6.02. The molecule has 0 aliphatic carbocycles. The molecule has 2 heteroatoms. The van der Waals surface area contributed by atoms with E-state index in [0.717, 1.165) is 19.3 Å². The van der Waals surface area contributed by atoms with Crippen LogP contribution in [0, 0.1) is 0 Å². The Balaban J connectivity index is 3.77. The van der Waals surface area contributed by atoms with Crippen LogP contribution in [0.1, 0.15) is 162 Å². The summed E-state index contributed by atoms with van der Waals surface area (Å²) >= 11 is 0. The molecule has 0 aliphatic rings. The Morgan fingerprint density at radius 2 is 0.850 bits per heavy atom. The third-order valence-electron chi connectivity index (χ3n) is 7.31. The van der Waals surface area contributed by atoms with E-state index in [-0.39, 0.29) is 11.4 Å². The van der Waals surface area contributed by atoms with E-state index in [0.29, 0.717) is 12.8 Å². The first kappa shape index (κ1) is 37.8. The lowest BCUT2D eigenvalue weighted by molar-refractivity contribution is -0.115. The Morgan fingerprint density at radius 3 is 1.30 bits per heavy atom. The Bertz CT molecular complexity index is 758. The second-order valence-corrected chi connectivity index (χ2v) is 11.1. The average molecular weight is 551 g/mol. The second kappa shape index (κ2) is 33.0. The van der Waals surface area contributed by atoms with Gasteiger partial charge in [-0.15, -0.1) is 0 Å². The van der Waals surface area contributed by atoms with Crippen molar-refractivity contribution in [2.45, 2.75) is 162 Å². The van der Waals surface area contributed by atoms with Crippen molar-refractivity contribution >= 4 is 11.7 Å². The fraction of sp³-hybridized carbons (Fsp3) is 0.658. The first-order valence-corrected chi connectivity index (χ1v) is 16.8. The largest absolute Gasteiger partial charge is 0.294 e. The quantitative estimate of drug-likeness (QED) is 0.0401. The van der Waals surface area contributed by atoms with Gasteiger partial charge < -0.3 is 0 Å². The maximum absolute atomic E-state index is 12.3. The van der Waals surface area contributed by atoms with Gasteiger partial charge in [0, 0.05) is 12.8 Å². The number of hydrogen-bond acceptors (Lipinski definition) is 2. The molecule has 0 aliphatic heterocycles. The standard InChI is InChI=1S/C38H62O2/c1-3-5-7-9-11-13-15-17-18-19-20-21-23-24-26-28-30-32-34-37(36-39)38(40)35-33-31-29-27-25-22-16-14-12-10-8-6-4-2/h18-21,23-24,26,28,30,32H,3-17,22,25,27,29,31,33-35H2,1-2H3/b19-18?,21-20+,24-23+,28-26+,32-30+. The molecule has 226 valence electrons. The minimum Gasteiger partial charge on any atom is -0.294 e. The number of carbonyl (C=O) groups is 1. The summed E-state index contributed by atoms with van der Waals surface area (Å²) in [6, 6.07) is 0. The summed E-state index contributed by atoms with van der Waals surface area (Å²) < 4.78 is 0. The van der Waals surface area contributed by atoms with Crippen LogP contribution in [0.3, 0.4) is 0 Å². The predicted molar refractivity (Wildman–Crippen MR) is 177 cm³/mol.